The summed E-state index contributed by atoms with van der Waals surface area (Å²) in [4.78, 5) is 2.48. The molecule has 0 aromatic heterocycles. The molecule has 1 aliphatic heterocycles. The lowest BCUT2D eigenvalue weighted by Crippen LogP contribution is -2.45. The van der Waals surface area contributed by atoms with E-state index < -0.39 is 0 Å². The lowest BCUT2D eigenvalue weighted by Gasteiger charge is -2.34. The molecule has 0 amide bonds. The zero-order valence-corrected chi connectivity index (χ0v) is 12.0. The van der Waals surface area contributed by atoms with Gasteiger partial charge in [0.1, 0.15) is 5.75 Å². The van der Waals surface area contributed by atoms with Gasteiger partial charge in [-0.05, 0) is 31.0 Å². The van der Waals surface area contributed by atoms with Crippen molar-refractivity contribution in [3.63, 3.8) is 0 Å². The quantitative estimate of drug-likeness (QED) is 0.747. The molecule has 1 heterocycles. The van der Waals surface area contributed by atoms with Gasteiger partial charge in [0.25, 0.3) is 0 Å². The summed E-state index contributed by atoms with van der Waals surface area (Å²) in [6, 6.07) is 9.98. The Balaban J connectivity index is 1.71. The summed E-state index contributed by atoms with van der Waals surface area (Å²) in [5, 5.41) is 8.84. The average Bonchev–Trinajstić information content (AvgIpc) is 2.52. The first-order valence-corrected chi connectivity index (χ1v) is 7.28. The third-order valence-corrected chi connectivity index (χ3v) is 3.64. The largest absolute Gasteiger partial charge is 0.494 e. The van der Waals surface area contributed by atoms with Gasteiger partial charge in [0, 0.05) is 19.1 Å². The van der Waals surface area contributed by atoms with Crippen LogP contribution in [0.25, 0.3) is 0 Å². The molecule has 1 saturated heterocycles. The first-order valence-electron chi connectivity index (χ1n) is 7.28. The van der Waals surface area contributed by atoms with Crippen molar-refractivity contribution in [1.82, 2.24) is 4.90 Å². The molecule has 0 bridgehead atoms. The minimum Gasteiger partial charge on any atom is -0.494 e. The highest BCUT2D eigenvalue weighted by Crippen LogP contribution is 2.14. The molecular formula is C16H22N2O2. The molecule has 1 aromatic carbocycles. The van der Waals surface area contributed by atoms with E-state index in [4.69, 9.17) is 14.7 Å². The second kappa shape index (κ2) is 7.88. The van der Waals surface area contributed by atoms with Gasteiger partial charge < -0.3 is 9.47 Å². The van der Waals surface area contributed by atoms with Gasteiger partial charge in [0.05, 0.1) is 31.5 Å². The fraction of sp³-hybridized carbons (Fsp3) is 0.562. The normalized spacial score (nSPS) is 19.5. The predicted octanol–water partition coefficient (Wildman–Crippen LogP) is 2.44. The third-order valence-electron chi connectivity index (χ3n) is 3.64. The molecule has 1 unspecified atom stereocenters. The van der Waals surface area contributed by atoms with Crippen molar-refractivity contribution in [2.45, 2.75) is 25.8 Å². The molecule has 0 saturated carbocycles. The second-order valence-electron chi connectivity index (χ2n) is 5.01. The first kappa shape index (κ1) is 14.8. The molecule has 1 aliphatic rings. The lowest BCUT2D eigenvalue weighted by atomic mass is 10.1. The van der Waals surface area contributed by atoms with Crippen molar-refractivity contribution >= 4 is 0 Å². The van der Waals surface area contributed by atoms with Crippen molar-refractivity contribution in [2.24, 2.45) is 0 Å². The summed E-state index contributed by atoms with van der Waals surface area (Å²) in [7, 11) is 0. The predicted molar refractivity (Wildman–Crippen MR) is 77.7 cm³/mol. The smallest absolute Gasteiger partial charge is 0.120 e. The maximum Gasteiger partial charge on any atom is 0.120 e. The van der Waals surface area contributed by atoms with Crippen LogP contribution in [0.15, 0.2) is 24.3 Å². The molecule has 1 atom stereocenters. The highest BCUT2D eigenvalue weighted by molar-refractivity contribution is 5.36. The second-order valence-corrected chi connectivity index (χ2v) is 5.01. The molecule has 1 aromatic rings. The Labute approximate surface area is 120 Å². The van der Waals surface area contributed by atoms with Crippen LogP contribution in [-0.4, -0.2) is 43.9 Å². The molecule has 0 spiro atoms. The van der Waals surface area contributed by atoms with E-state index in [-0.39, 0.29) is 0 Å². The molecule has 0 radical (unpaired) electrons. The summed E-state index contributed by atoms with van der Waals surface area (Å²) < 4.78 is 11.2. The molecule has 4 nitrogen and oxygen atoms in total. The van der Waals surface area contributed by atoms with Gasteiger partial charge in [-0.1, -0.05) is 13.0 Å². The van der Waals surface area contributed by atoms with Crippen LogP contribution in [0.2, 0.25) is 0 Å². The topological polar surface area (TPSA) is 45.5 Å². The number of nitriles is 1. The minimum atomic E-state index is 0.547. The van der Waals surface area contributed by atoms with Crippen molar-refractivity contribution in [3.05, 3.63) is 29.8 Å². The maximum absolute atomic E-state index is 8.84. The molecule has 20 heavy (non-hydrogen) atoms. The molecule has 0 aliphatic carbocycles. The SMILES string of the molecule is CCC1COCCN1CCCOc1cccc(C#N)c1. The number of benzene rings is 1. The van der Waals surface area contributed by atoms with Gasteiger partial charge in [0.2, 0.25) is 0 Å². The van der Waals surface area contributed by atoms with E-state index in [1.165, 1.54) is 0 Å². The Bertz CT molecular complexity index is 456. The summed E-state index contributed by atoms with van der Waals surface area (Å²) in [5.74, 6) is 0.776. The van der Waals surface area contributed by atoms with E-state index in [9.17, 15) is 0 Å². The molecule has 108 valence electrons. The number of nitrogens with zero attached hydrogens (tertiary/aromatic N) is 2. The van der Waals surface area contributed by atoms with Crippen LogP contribution in [0.1, 0.15) is 25.3 Å². The summed E-state index contributed by atoms with van der Waals surface area (Å²) in [6.07, 6.45) is 2.12. The van der Waals surface area contributed by atoms with Gasteiger partial charge >= 0.3 is 0 Å². The van der Waals surface area contributed by atoms with E-state index in [0.717, 1.165) is 44.9 Å². The first-order chi connectivity index (χ1) is 9.83. The molecule has 4 heteroatoms. The van der Waals surface area contributed by atoms with E-state index in [2.05, 4.69) is 17.9 Å². The Morgan fingerprint density at radius 3 is 3.20 bits per heavy atom. The number of hydrogen-bond donors (Lipinski definition) is 0. The van der Waals surface area contributed by atoms with Gasteiger partial charge in [-0.2, -0.15) is 5.26 Å². The highest BCUT2D eigenvalue weighted by Gasteiger charge is 2.20. The molecular weight excluding hydrogens is 252 g/mol. The van der Waals surface area contributed by atoms with Crippen LogP contribution in [0, 0.1) is 11.3 Å². The van der Waals surface area contributed by atoms with Crippen LogP contribution in [-0.2, 0) is 4.74 Å². The molecule has 0 N–H and O–H groups in total. The minimum absolute atomic E-state index is 0.547. The van der Waals surface area contributed by atoms with Crippen LogP contribution < -0.4 is 4.74 Å². The Morgan fingerprint density at radius 1 is 1.50 bits per heavy atom. The Kier molecular flexibility index (Phi) is 5.85. The molecule has 1 fully saturated rings. The Hall–Kier alpha value is -1.57. The van der Waals surface area contributed by atoms with Crippen LogP contribution in [0.5, 0.6) is 5.75 Å². The monoisotopic (exact) mass is 274 g/mol. The van der Waals surface area contributed by atoms with Crippen LogP contribution in [0.3, 0.4) is 0 Å². The fourth-order valence-electron chi connectivity index (χ4n) is 2.47. The highest BCUT2D eigenvalue weighted by atomic mass is 16.5. The lowest BCUT2D eigenvalue weighted by molar-refractivity contribution is -0.0102. The summed E-state index contributed by atoms with van der Waals surface area (Å²) >= 11 is 0. The van der Waals surface area contributed by atoms with Crippen LogP contribution in [0.4, 0.5) is 0 Å². The van der Waals surface area contributed by atoms with Gasteiger partial charge in [-0.15, -0.1) is 0 Å². The van der Waals surface area contributed by atoms with Crippen molar-refractivity contribution in [3.8, 4) is 11.8 Å². The summed E-state index contributed by atoms with van der Waals surface area (Å²) in [5.41, 5.74) is 0.640. The van der Waals surface area contributed by atoms with E-state index in [1.807, 2.05) is 12.1 Å². The fourth-order valence-corrected chi connectivity index (χ4v) is 2.47. The third kappa shape index (κ3) is 4.22. The molecule has 2 rings (SSSR count). The van der Waals surface area contributed by atoms with Crippen molar-refractivity contribution < 1.29 is 9.47 Å². The van der Waals surface area contributed by atoms with Gasteiger partial charge in [-0.25, -0.2) is 0 Å². The van der Waals surface area contributed by atoms with Crippen molar-refractivity contribution in [1.29, 1.82) is 5.26 Å². The van der Waals surface area contributed by atoms with E-state index in [0.29, 0.717) is 18.2 Å². The standard InChI is InChI=1S/C16H22N2O2/c1-2-15-13-19-10-8-18(15)7-4-9-20-16-6-3-5-14(11-16)12-17/h3,5-6,11,15H,2,4,7-10,13H2,1H3. The van der Waals surface area contributed by atoms with E-state index in [1.54, 1.807) is 12.1 Å². The van der Waals surface area contributed by atoms with Crippen LogP contribution >= 0.6 is 0 Å². The zero-order valence-electron chi connectivity index (χ0n) is 12.0. The maximum atomic E-state index is 8.84. The van der Waals surface area contributed by atoms with Gasteiger partial charge in [0.15, 0.2) is 0 Å². The summed E-state index contributed by atoms with van der Waals surface area (Å²) in [6.45, 7) is 6.63. The van der Waals surface area contributed by atoms with Gasteiger partial charge in [-0.3, -0.25) is 4.90 Å². The van der Waals surface area contributed by atoms with E-state index >= 15 is 0 Å². The van der Waals surface area contributed by atoms with Crippen molar-refractivity contribution in [2.75, 3.05) is 32.9 Å². The number of morpholine rings is 1. The number of hydrogen-bond acceptors (Lipinski definition) is 4. The Morgan fingerprint density at radius 2 is 2.40 bits per heavy atom. The zero-order chi connectivity index (χ0) is 14.2. The number of ether oxygens (including phenoxy) is 2. The average molecular weight is 274 g/mol. The number of rotatable bonds is 6.